The number of anilines is 1. The summed E-state index contributed by atoms with van der Waals surface area (Å²) in [5.41, 5.74) is 3.10. The van der Waals surface area contributed by atoms with E-state index in [1.165, 1.54) is 6.20 Å². The first kappa shape index (κ1) is 14.8. The van der Waals surface area contributed by atoms with Crippen molar-refractivity contribution in [2.24, 2.45) is 0 Å². The molecule has 0 bridgehead atoms. The number of hydrogen-bond donors (Lipinski definition) is 2. The molecule has 0 fully saturated rings. The highest BCUT2D eigenvalue weighted by molar-refractivity contribution is 6.04. The Labute approximate surface area is 134 Å². The molecule has 0 unspecified atom stereocenters. The van der Waals surface area contributed by atoms with Crippen LogP contribution in [-0.2, 0) is 6.61 Å². The molecule has 5 nitrogen and oxygen atoms in total. The van der Waals surface area contributed by atoms with Crippen molar-refractivity contribution < 1.29 is 9.53 Å². The maximum absolute atomic E-state index is 12.1. The molecule has 0 aliphatic heterocycles. The van der Waals surface area contributed by atoms with Gasteiger partial charge < -0.3 is 10.1 Å². The zero-order valence-corrected chi connectivity index (χ0v) is 12.7. The van der Waals surface area contributed by atoms with Crippen molar-refractivity contribution in [3.8, 4) is 5.75 Å². The summed E-state index contributed by atoms with van der Waals surface area (Å²) in [4.78, 5) is 12.1. The van der Waals surface area contributed by atoms with Crippen LogP contribution in [0.15, 0.2) is 60.8 Å². The molecule has 2 N–H and O–H groups in total. The van der Waals surface area contributed by atoms with Gasteiger partial charge in [0.1, 0.15) is 12.4 Å². The molecule has 0 atom stereocenters. The Morgan fingerprint density at radius 2 is 1.87 bits per heavy atom. The zero-order valence-electron chi connectivity index (χ0n) is 12.7. The number of H-pyrrole nitrogens is 1. The van der Waals surface area contributed by atoms with E-state index in [-0.39, 0.29) is 5.91 Å². The van der Waals surface area contributed by atoms with Gasteiger partial charge in [0.25, 0.3) is 5.91 Å². The fraction of sp³-hybridized carbons (Fsp3) is 0.111. The normalized spacial score (nSPS) is 10.3. The van der Waals surface area contributed by atoms with E-state index in [0.29, 0.717) is 17.9 Å². The fourth-order valence-corrected chi connectivity index (χ4v) is 2.15. The first-order valence-corrected chi connectivity index (χ1v) is 7.30. The Morgan fingerprint density at radius 1 is 1.13 bits per heavy atom. The highest BCUT2D eigenvalue weighted by Crippen LogP contribution is 2.18. The first-order chi connectivity index (χ1) is 11.2. The summed E-state index contributed by atoms with van der Waals surface area (Å²) in [5.74, 6) is 0.570. The summed E-state index contributed by atoms with van der Waals surface area (Å²) in [6.07, 6.45) is 1.52. The number of aryl methyl sites for hydroxylation is 1. The second kappa shape index (κ2) is 6.79. The van der Waals surface area contributed by atoms with Crippen LogP contribution in [0, 0.1) is 6.92 Å². The molecule has 116 valence electrons. The number of amides is 1. The van der Waals surface area contributed by atoms with Crippen LogP contribution in [0.2, 0.25) is 0 Å². The van der Waals surface area contributed by atoms with Crippen molar-refractivity contribution in [3.05, 3.63) is 77.6 Å². The van der Waals surface area contributed by atoms with E-state index < -0.39 is 0 Å². The summed E-state index contributed by atoms with van der Waals surface area (Å²) in [6, 6.07) is 17.3. The van der Waals surface area contributed by atoms with Crippen molar-refractivity contribution in [1.82, 2.24) is 10.2 Å². The van der Waals surface area contributed by atoms with E-state index in [1.54, 1.807) is 0 Å². The van der Waals surface area contributed by atoms with Gasteiger partial charge in [0.15, 0.2) is 0 Å². The van der Waals surface area contributed by atoms with E-state index in [0.717, 1.165) is 17.0 Å². The molecule has 0 aliphatic rings. The zero-order chi connectivity index (χ0) is 16.1. The molecule has 3 aromatic rings. The van der Waals surface area contributed by atoms with Crippen molar-refractivity contribution in [2.45, 2.75) is 13.5 Å². The third-order valence-corrected chi connectivity index (χ3v) is 3.44. The topological polar surface area (TPSA) is 67.0 Å². The first-order valence-electron chi connectivity index (χ1n) is 7.30. The van der Waals surface area contributed by atoms with E-state index in [1.807, 2.05) is 61.5 Å². The lowest BCUT2D eigenvalue weighted by Crippen LogP contribution is -2.12. The van der Waals surface area contributed by atoms with Gasteiger partial charge in [0.2, 0.25) is 0 Å². The van der Waals surface area contributed by atoms with Crippen LogP contribution < -0.4 is 10.1 Å². The SMILES string of the molecule is Cc1[nH]ncc1C(=O)Nc1ccc(OCc2ccccc2)cc1. The smallest absolute Gasteiger partial charge is 0.259 e. The van der Waals surface area contributed by atoms with Gasteiger partial charge in [-0.3, -0.25) is 9.89 Å². The number of rotatable bonds is 5. The number of benzene rings is 2. The van der Waals surface area contributed by atoms with Crippen molar-refractivity contribution in [1.29, 1.82) is 0 Å². The predicted molar refractivity (Wildman–Crippen MR) is 88.5 cm³/mol. The molecular formula is C18H17N3O2. The molecule has 2 aromatic carbocycles. The average Bonchev–Trinajstić information content (AvgIpc) is 3.01. The van der Waals surface area contributed by atoms with Crippen molar-refractivity contribution in [3.63, 3.8) is 0 Å². The van der Waals surface area contributed by atoms with E-state index in [9.17, 15) is 4.79 Å². The molecule has 1 aromatic heterocycles. The van der Waals surface area contributed by atoms with Crippen LogP contribution in [0.3, 0.4) is 0 Å². The van der Waals surface area contributed by atoms with Gasteiger partial charge in [-0.25, -0.2) is 0 Å². The van der Waals surface area contributed by atoms with Gasteiger partial charge >= 0.3 is 0 Å². The third kappa shape index (κ3) is 3.77. The number of hydrogen-bond acceptors (Lipinski definition) is 3. The number of aromatic amines is 1. The molecule has 0 radical (unpaired) electrons. The summed E-state index contributed by atoms with van der Waals surface area (Å²) >= 11 is 0. The van der Waals surface area contributed by atoms with Gasteiger partial charge in [-0.2, -0.15) is 5.10 Å². The van der Waals surface area contributed by atoms with Gasteiger partial charge in [-0.1, -0.05) is 30.3 Å². The fourth-order valence-electron chi connectivity index (χ4n) is 2.15. The molecule has 0 aliphatic carbocycles. The molecule has 0 saturated carbocycles. The molecule has 1 amide bonds. The van der Waals surface area contributed by atoms with E-state index in [4.69, 9.17) is 4.74 Å². The second-order valence-corrected chi connectivity index (χ2v) is 5.16. The quantitative estimate of drug-likeness (QED) is 0.757. The number of carbonyl (C=O) groups is 1. The highest BCUT2D eigenvalue weighted by atomic mass is 16.5. The van der Waals surface area contributed by atoms with Crippen LogP contribution in [0.25, 0.3) is 0 Å². The van der Waals surface area contributed by atoms with E-state index >= 15 is 0 Å². The van der Waals surface area contributed by atoms with Gasteiger partial charge in [-0.15, -0.1) is 0 Å². The molecule has 1 heterocycles. The standard InChI is InChI=1S/C18H17N3O2/c1-13-17(11-19-21-13)18(22)20-15-7-9-16(10-8-15)23-12-14-5-3-2-4-6-14/h2-11H,12H2,1H3,(H,19,21)(H,20,22). The Kier molecular flexibility index (Phi) is 4.38. The number of ether oxygens (including phenoxy) is 1. The van der Waals surface area contributed by atoms with Gasteiger partial charge in [0, 0.05) is 11.4 Å². The molecule has 5 heteroatoms. The molecule has 3 rings (SSSR count). The summed E-state index contributed by atoms with van der Waals surface area (Å²) in [6.45, 7) is 2.32. The Bertz CT molecular complexity index is 780. The predicted octanol–water partition coefficient (Wildman–Crippen LogP) is 3.55. The van der Waals surface area contributed by atoms with Crippen LogP contribution in [-0.4, -0.2) is 16.1 Å². The highest BCUT2D eigenvalue weighted by Gasteiger charge is 2.10. The van der Waals surface area contributed by atoms with Crippen molar-refractivity contribution >= 4 is 11.6 Å². The van der Waals surface area contributed by atoms with Crippen molar-refractivity contribution in [2.75, 3.05) is 5.32 Å². The Balaban J connectivity index is 1.59. The summed E-state index contributed by atoms with van der Waals surface area (Å²) in [5, 5.41) is 9.42. The molecule has 23 heavy (non-hydrogen) atoms. The number of carbonyl (C=O) groups excluding carboxylic acids is 1. The molecule has 0 spiro atoms. The number of aromatic nitrogens is 2. The van der Waals surface area contributed by atoms with E-state index in [2.05, 4.69) is 15.5 Å². The van der Waals surface area contributed by atoms with Crippen LogP contribution in [0.4, 0.5) is 5.69 Å². The largest absolute Gasteiger partial charge is 0.489 e. The maximum atomic E-state index is 12.1. The number of nitrogens with zero attached hydrogens (tertiary/aromatic N) is 1. The minimum Gasteiger partial charge on any atom is -0.489 e. The summed E-state index contributed by atoms with van der Waals surface area (Å²) < 4.78 is 5.72. The lowest BCUT2D eigenvalue weighted by molar-refractivity contribution is 0.102. The van der Waals surface area contributed by atoms with Gasteiger partial charge in [0.05, 0.1) is 11.8 Å². The number of nitrogens with one attached hydrogen (secondary N) is 2. The van der Waals surface area contributed by atoms with Crippen LogP contribution in [0.5, 0.6) is 5.75 Å². The third-order valence-electron chi connectivity index (χ3n) is 3.44. The second-order valence-electron chi connectivity index (χ2n) is 5.16. The van der Waals surface area contributed by atoms with Crippen LogP contribution in [0.1, 0.15) is 21.6 Å². The monoisotopic (exact) mass is 307 g/mol. The van der Waals surface area contributed by atoms with Gasteiger partial charge in [-0.05, 0) is 36.8 Å². The average molecular weight is 307 g/mol. The minimum absolute atomic E-state index is 0.186. The Hall–Kier alpha value is -3.08. The Morgan fingerprint density at radius 3 is 2.52 bits per heavy atom. The molecular weight excluding hydrogens is 290 g/mol. The lowest BCUT2D eigenvalue weighted by atomic mass is 10.2. The van der Waals surface area contributed by atoms with Crippen LogP contribution >= 0.6 is 0 Å². The lowest BCUT2D eigenvalue weighted by Gasteiger charge is -2.08. The maximum Gasteiger partial charge on any atom is 0.259 e. The molecule has 0 saturated heterocycles. The summed E-state index contributed by atoms with van der Waals surface area (Å²) in [7, 11) is 0. The minimum atomic E-state index is -0.186.